The monoisotopic (exact) mass is 367 g/mol. The number of guanidine groups is 1. The van der Waals surface area contributed by atoms with Gasteiger partial charge in [0.1, 0.15) is 12.4 Å². The molecule has 0 saturated carbocycles. The molecule has 148 valence electrons. The molecule has 1 aromatic rings. The van der Waals surface area contributed by atoms with Crippen LogP contribution in [0.1, 0.15) is 25.0 Å². The number of rotatable bonds is 8. The Morgan fingerprint density at radius 2 is 2.23 bits per heavy atom. The highest BCUT2D eigenvalue weighted by Crippen LogP contribution is 2.07. The molecule has 0 spiro atoms. The summed E-state index contributed by atoms with van der Waals surface area (Å²) >= 11 is 0. The third kappa shape index (κ3) is 6.22. The van der Waals surface area contributed by atoms with Gasteiger partial charge in [0.05, 0.1) is 18.8 Å². The number of ether oxygens (including phenoxy) is 2. The number of nitrogens with zero attached hydrogens (tertiary/aromatic N) is 5. The summed E-state index contributed by atoms with van der Waals surface area (Å²) in [6.07, 6.45) is 1.05. The molecule has 26 heavy (non-hydrogen) atoms. The molecular formula is C17H33N7O2. The molecule has 2 heterocycles. The second-order valence-corrected chi connectivity index (χ2v) is 6.76. The number of aryl methyl sites for hydroxylation is 1. The van der Waals surface area contributed by atoms with Crippen LogP contribution in [0.25, 0.3) is 0 Å². The van der Waals surface area contributed by atoms with Crippen molar-refractivity contribution in [2.75, 3.05) is 47.0 Å². The first-order valence-corrected chi connectivity index (χ1v) is 9.20. The fraction of sp³-hybridized carbons (Fsp3) is 0.824. The minimum atomic E-state index is 0.136. The maximum Gasteiger partial charge on any atom is 0.192 e. The third-order valence-electron chi connectivity index (χ3n) is 4.60. The molecule has 0 aromatic carbocycles. The normalized spacial score (nSPS) is 20.2. The van der Waals surface area contributed by atoms with Crippen molar-refractivity contribution >= 4 is 5.96 Å². The zero-order chi connectivity index (χ0) is 18.9. The predicted molar refractivity (Wildman–Crippen MR) is 101 cm³/mol. The maximum atomic E-state index is 5.91. The van der Waals surface area contributed by atoms with Crippen molar-refractivity contribution in [2.45, 2.75) is 39.0 Å². The van der Waals surface area contributed by atoms with Crippen LogP contribution in [0, 0.1) is 6.92 Å². The van der Waals surface area contributed by atoms with Crippen LogP contribution in [0.3, 0.4) is 0 Å². The Morgan fingerprint density at radius 1 is 1.42 bits per heavy atom. The van der Waals surface area contributed by atoms with Gasteiger partial charge >= 0.3 is 0 Å². The fourth-order valence-electron chi connectivity index (χ4n) is 2.74. The van der Waals surface area contributed by atoms with Crippen LogP contribution in [0.4, 0.5) is 0 Å². The molecule has 2 unspecified atom stereocenters. The lowest BCUT2D eigenvalue weighted by molar-refractivity contribution is -0.0324. The zero-order valence-electron chi connectivity index (χ0n) is 16.7. The van der Waals surface area contributed by atoms with E-state index in [4.69, 9.17) is 9.47 Å². The molecule has 1 fully saturated rings. The van der Waals surface area contributed by atoms with E-state index in [1.165, 1.54) is 0 Å². The standard InChI is InChI=1S/C17H33N7O2/c1-13(15-12-23(3)8-10-26-15)20-17(18-7-6-9-25-5)19-11-16-22-21-14(2)24(16)4/h13,15H,6-12H2,1-5H3,(H2,18,19,20). The molecule has 0 radical (unpaired) electrons. The third-order valence-corrected chi connectivity index (χ3v) is 4.60. The smallest absolute Gasteiger partial charge is 0.192 e. The van der Waals surface area contributed by atoms with Gasteiger partial charge in [-0.15, -0.1) is 10.2 Å². The van der Waals surface area contributed by atoms with E-state index in [9.17, 15) is 0 Å². The van der Waals surface area contributed by atoms with Gasteiger partial charge in [-0.1, -0.05) is 0 Å². The molecule has 2 N–H and O–H groups in total. The van der Waals surface area contributed by atoms with Crippen molar-refractivity contribution in [3.63, 3.8) is 0 Å². The Kier molecular flexibility index (Phi) is 8.27. The largest absolute Gasteiger partial charge is 0.385 e. The van der Waals surface area contributed by atoms with Gasteiger partial charge in [0, 0.05) is 40.4 Å². The van der Waals surface area contributed by atoms with Gasteiger partial charge in [-0.3, -0.25) is 0 Å². The zero-order valence-corrected chi connectivity index (χ0v) is 16.7. The number of morpholine rings is 1. The SMILES string of the molecule is COCCCNC(=NCc1nnc(C)n1C)NC(C)C1CN(C)CCO1. The molecule has 9 nitrogen and oxygen atoms in total. The maximum absolute atomic E-state index is 5.91. The number of nitrogens with one attached hydrogen (secondary N) is 2. The average molecular weight is 367 g/mol. The number of methoxy groups -OCH3 is 1. The highest BCUT2D eigenvalue weighted by molar-refractivity contribution is 5.80. The lowest BCUT2D eigenvalue weighted by Gasteiger charge is -2.34. The summed E-state index contributed by atoms with van der Waals surface area (Å²) in [6.45, 7) is 8.68. The Morgan fingerprint density at radius 3 is 2.88 bits per heavy atom. The van der Waals surface area contributed by atoms with Crippen molar-refractivity contribution in [3.8, 4) is 0 Å². The summed E-state index contributed by atoms with van der Waals surface area (Å²) in [6, 6.07) is 0.146. The first-order valence-electron chi connectivity index (χ1n) is 9.20. The second kappa shape index (κ2) is 10.4. The molecule has 2 atom stereocenters. The molecule has 1 aliphatic rings. The van der Waals surface area contributed by atoms with E-state index in [0.717, 1.165) is 56.9 Å². The highest BCUT2D eigenvalue weighted by Gasteiger charge is 2.24. The Labute approximate surface area is 156 Å². The summed E-state index contributed by atoms with van der Waals surface area (Å²) in [5.74, 6) is 2.47. The van der Waals surface area contributed by atoms with Crippen molar-refractivity contribution in [1.29, 1.82) is 0 Å². The van der Waals surface area contributed by atoms with Crippen LogP contribution in [-0.4, -0.2) is 84.8 Å². The van der Waals surface area contributed by atoms with Crippen LogP contribution in [0.15, 0.2) is 4.99 Å². The molecule has 1 aliphatic heterocycles. The van der Waals surface area contributed by atoms with Gasteiger partial charge in [0.15, 0.2) is 11.8 Å². The lowest BCUT2D eigenvalue weighted by atomic mass is 10.1. The van der Waals surface area contributed by atoms with Gasteiger partial charge in [0.2, 0.25) is 0 Å². The van der Waals surface area contributed by atoms with Gasteiger partial charge in [0.25, 0.3) is 0 Å². The summed E-state index contributed by atoms with van der Waals surface area (Å²) in [4.78, 5) is 6.97. The second-order valence-electron chi connectivity index (χ2n) is 6.76. The lowest BCUT2D eigenvalue weighted by Crippen LogP contribution is -2.53. The molecular weight excluding hydrogens is 334 g/mol. The molecule has 9 heteroatoms. The molecule has 1 aromatic heterocycles. The van der Waals surface area contributed by atoms with E-state index >= 15 is 0 Å². The van der Waals surface area contributed by atoms with Gasteiger partial charge < -0.3 is 29.6 Å². The number of aromatic nitrogens is 3. The summed E-state index contributed by atoms with van der Waals surface area (Å²) in [5, 5.41) is 15.1. The van der Waals surface area contributed by atoms with Crippen LogP contribution in [0.5, 0.6) is 0 Å². The van der Waals surface area contributed by atoms with Crippen LogP contribution in [-0.2, 0) is 23.1 Å². The number of likely N-dealkylation sites (N-methyl/N-ethyl adjacent to an activating group) is 1. The Balaban J connectivity index is 1.97. The van der Waals surface area contributed by atoms with Gasteiger partial charge in [-0.2, -0.15) is 0 Å². The fourth-order valence-corrected chi connectivity index (χ4v) is 2.74. The number of hydrogen-bond donors (Lipinski definition) is 2. The topological polar surface area (TPSA) is 88.8 Å². The van der Waals surface area contributed by atoms with Gasteiger partial charge in [-0.25, -0.2) is 4.99 Å². The predicted octanol–water partition coefficient (Wildman–Crippen LogP) is -0.0857. The van der Waals surface area contributed by atoms with Gasteiger partial charge in [-0.05, 0) is 27.3 Å². The van der Waals surface area contributed by atoms with E-state index in [0.29, 0.717) is 6.54 Å². The van der Waals surface area contributed by atoms with Crippen LogP contribution >= 0.6 is 0 Å². The molecule has 0 bridgehead atoms. The van der Waals surface area contributed by atoms with E-state index in [2.05, 4.69) is 44.7 Å². The number of hydrogen-bond acceptors (Lipinski definition) is 6. The summed E-state index contributed by atoms with van der Waals surface area (Å²) in [5.41, 5.74) is 0. The Bertz CT molecular complexity index is 575. The van der Waals surface area contributed by atoms with Crippen molar-refractivity contribution in [1.82, 2.24) is 30.3 Å². The Hall–Kier alpha value is -1.71. The summed E-state index contributed by atoms with van der Waals surface area (Å²) in [7, 11) is 5.78. The quantitative estimate of drug-likeness (QED) is 0.377. The molecule has 1 saturated heterocycles. The van der Waals surface area contributed by atoms with Crippen molar-refractivity contribution in [3.05, 3.63) is 11.6 Å². The minimum Gasteiger partial charge on any atom is -0.385 e. The van der Waals surface area contributed by atoms with Crippen LogP contribution < -0.4 is 10.6 Å². The first kappa shape index (κ1) is 20.6. The average Bonchev–Trinajstić information content (AvgIpc) is 2.95. The van der Waals surface area contributed by atoms with E-state index in [-0.39, 0.29) is 12.1 Å². The summed E-state index contributed by atoms with van der Waals surface area (Å²) < 4.78 is 13.0. The first-order chi connectivity index (χ1) is 12.5. The molecule has 0 aliphatic carbocycles. The molecule has 0 amide bonds. The van der Waals surface area contributed by atoms with Crippen molar-refractivity contribution in [2.24, 2.45) is 12.0 Å². The molecule has 2 rings (SSSR count). The highest BCUT2D eigenvalue weighted by atomic mass is 16.5. The van der Waals surface area contributed by atoms with E-state index < -0.39 is 0 Å². The number of aliphatic imine (C=N–C) groups is 1. The van der Waals surface area contributed by atoms with Crippen LogP contribution in [0.2, 0.25) is 0 Å². The minimum absolute atomic E-state index is 0.136. The van der Waals surface area contributed by atoms with E-state index in [1.807, 2.05) is 18.5 Å². The van der Waals surface area contributed by atoms with Crippen molar-refractivity contribution < 1.29 is 9.47 Å². The van der Waals surface area contributed by atoms with E-state index in [1.54, 1.807) is 7.11 Å².